The first kappa shape index (κ1) is 34.5. The molecule has 0 fully saturated rings. The van der Waals surface area contributed by atoms with Crippen LogP contribution in [0.5, 0.6) is 0 Å². The third kappa shape index (κ3) is 15.1. The van der Waals surface area contributed by atoms with E-state index in [1.807, 2.05) is 0 Å². The topological polar surface area (TPSA) is 0 Å². The first-order valence-corrected chi connectivity index (χ1v) is 18.3. The molecule has 1 rings (SSSR count). The maximum Gasteiger partial charge on any atom is 0.0350 e. The minimum Gasteiger partial charge on any atom is -0.155 e. The highest BCUT2D eigenvalue weighted by Crippen LogP contribution is 2.52. The third-order valence-corrected chi connectivity index (χ3v) is 12.1. The Kier molecular flexibility index (Phi) is 20.4. The van der Waals surface area contributed by atoms with E-state index in [-0.39, 0.29) is 0 Å². The highest BCUT2D eigenvalue weighted by Gasteiger charge is 2.43. The van der Waals surface area contributed by atoms with Gasteiger partial charge in [-0.3, -0.25) is 0 Å². The molecule has 0 amide bonds. The molecule has 0 aromatic carbocycles. The molecule has 0 radical (unpaired) electrons. The van der Waals surface area contributed by atoms with E-state index in [0.29, 0.717) is 15.4 Å². The molecule has 0 saturated heterocycles. The minimum absolute atomic E-state index is 0.339. The Morgan fingerprint density at radius 3 is 1.39 bits per heavy atom. The van der Waals surface area contributed by atoms with Gasteiger partial charge in [0.05, 0.1) is 0 Å². The predicted molar refractivity (Wildman–Crippen MR) is 173 cm³/mol. The van der Waals surface area contributed by atoms with Crippen molar-refractivity contribution >= 4 is 23.5 Å². The van der Waals surface area contributed by atoms with Gasteiger partial charge in [0.15, 0.2) is 0 Å². The molecule has 0 spiro atoms. The summed E-state index contributed by atoms with van der Waals surface area (Å²) in [4.78, 5) is 0. The zero-order valence-corrected chi connectivity index (χ0v) is 27.4. The largest absolute Gasteiger partial charge is 0.155 e. The smallest absolute Gasteiger partial charge is 0.0350 e. The van der Waals surface area contributed by atoms with E-state index < -0.39 is 0 Å². The molecule has 0 aromatic heterocycles. The van der Waals surface area contributed by atoms with Gasteiger partial charge in [0.25, 0.3) is 0 Å². The van der Waals surface area contributed by atoms with Gasteiger partial charge in [0, 0.05) is 9.49 Å². The fourth-order valence-electron chi connectivity index (χ4n) is 5.83. The number of unbranched alkanes of at least 4 members (excludes halogenated alkanes) is 18. The summed E-state index contributed by atoms with van der Waals surface area (Å²) in [6.45, 7) is 14.6. The summed E-state index contributed by atoms with van der Waals surface area (Å²) in [6, 6.07) is 0. The monoisotopic (exact) mass is 538 g/mol. The lowest BCUT2D eigenvalue weighted by Crippen LogP contribution is -2.42. The Balaban J connectivity index is 2.20. The van der Waals surface area contributed by atoms with Crippen LogP contribution >= 0.6 is 23.5 Å². The van der Waals surface area contributed by atoms with E-state index in [4.69, 9.17) is 0 Å². The number of thioether (sulfide) groups is 2. The molecule has 0 aromatic rings. The van der Waals surface area contributed by atoms with Gasteiger partial charge in [-0.2, -0.15) is 23.5 Å². The molecular formula is C34H66S2. The van der Waals surface area contributed by atoms with Crippen molar-refractivity contribution in [3.05, 3.63) is 11.6 Å². The van der Waals surface area contributed by atoms with Crippen molar-refractivity contribution in [2.75, 3.05) is 11.5 Å². The van der Waals surface area contributed by atoms with Crippen LogP contribution in [0.25, 0.3) is 0 Å². The fraction of sp³-hybridized carbons (Fsp3) is 0.941. The van der Waals surface area contributed by atoms with Crippen molar-refractivity contribution in [2.24, 2.45) is 5.92 Å². The number of hydrogen-bond acceptors (Lipinski definition) is 2. The SMILES string of the molecule is CCCCCCCCCCCCSC1(C)CC(C)(SCCCCCCCCCCCC)C(C)C=C1C. The molecular weight excluding hydrogens is 473 g/mol. The van der Waals surface area contributed by atoms with Crippen molar-refractivity contribution in [1.82, 2.24) is 0 Å². The van der Waals surface area contributed by atoms with Gasteiger partial charge in [0.1, 0.15) is 0 Å². The predicted octanol–water partition coefficient (Wildman–Crippen LogP) is 12.8. The van der Waals surface area contributed by atoms with E-state index in [0.717, 1.165) is 0 Å². The molecule has 3 unspecified atom stereocenters. The second-order valence-electron chi connectivity index (χ2n) is 12.4. The van der Waals surface area contributed by atoms with Gasteiger partial charge in [0.2, 0.25) is 0 Å². The number of rotatable bonds is 24. The summed E-state index contributed by atoms with van der Waals surface area (Å²) in [5.74, 6) is 3.38. The Hall–Kier alpha value is 0.440. The average molecular weight is 539 g/mol. The maximum atomic E-state index is 2.63. The number of allylic oxidation sites excluding steroid dienone is 1. The van der Waals surface area contributed by atoms with Crippen LogP contribution in [0, 0.1) is 5.92 Å². The maximum absolute atomic E-state index is 2.63. The van der Waals surface area contributed by atoms with Gasteiger partial charge in [-0.1, -0.05) is 148 Å². The lowest BCUT2D eigenvalue weighted by Gasteiger charge is -2.47. The highest BCUT2D eigenvalue weighted by molar-refractivity contribution is 8.01. The van der Waals surface area contributed by atoms with Crippen LogP contribution < -0.4 is 0 Å². The van der Waals surface area contributed by atoms with Crippen molar-refractivity contribution in [1.29, 1.82) is 0 Å². The molecule has 0 aliphatic heterocycles. The van der Waals surface area contributed by atoms with Gasteiger partial charge in [-0.05, 0) is 57.5 Å². The van der Waals surface area contributed by atoms with Crippen LogP contribution in [0.4, 0.5) is 0 Å². The molecule has 1 aliphatic carbocycles. The van der Waals surface area contributed by atoms with Gasteiger partial charge in [-0.25, -0.2) is 0 Å². The molecule has 0 bridgehead atoms. The average Bonchev–Trinajstić information content (AvgIpc) is 2.85. The van der Waals surface area contributed by atoms with Crippen LogP contribution in [0.2, 0.25) is 0 Å². The molecule has 214 valence electrons. The molecule has 0 saturated carbocycles. The zero-order chi connectivity index (χ0) is 26.5. The van der Waals surface area contributed by atoms with Gasteiger partial charge in [-0.15, -0.1) is 0 Å². The van der Waals surface area contributed by atoms with Crippen molar-refractivity contribution in [3.8, 4) is 0 Å². The second-order valence-corrected chi connectivity index (χ2v) is 15.6. The Morgan fingerprint density at radius 2 is 0.972 bits per heavy atom. The summed E-state index contributed by atoms with van der Waals surface area (Å²) in [5.41, 5.74) is 1.64. The van der Waals surface area contributed by atoms with Crippen LogP contribution in [-0.4, -0.2) is 21.0 Å². The van der Waals surface area contributed by atoms with Gasteiger partial charge >= 0.3 is 0 Å². The van der Waals surface area contributed by atoms with E-state index in [1.54, 1.807) is 5.57 Å². The molecule has 0 nitrogen and oxygen atoms in total. The quantitative estimate of drug-likeness (QED) is 0.0885. The van der Waals surface area contributed by atoms with E-state index in [9.17, 15) is 0 Å². The van der Waals surface area contributed by atoms with Crippen molar-refractivity contribution in [2.45, 2.75) is 186 Å². The van der Waals surface area contributed by atoms with E-state index >= 15 is 0 Å². The van der Waals surface area contributed by atoms with Crippen LogP contribution in [0.15, 0.2) is 11.6 Å². The Bertz CT molecular complexity index is 541. The summed E-state index contributed by atoms with van der Waals surface area (Å²) in [5, 5.41) is 0. The lowest BCUT2D eigenvalue weighted by molar-refractivity contribution is 0.410. The first-order valence-electron chi connectivity index (χ1n) is 16.3. The lowest BCUT2D eigenvalue weighted by atomic mass is 9.76. The summed E-state index contributed by atoms with van der Waals surface area (Å²) in [7, 11) is 0. The number of hydrogen-bond donors (Lipinski definition) is 0. The fourth-order valence-corrected chi connectivity index (χ4v) is 8.95. The van der Waals surface area contributed by atoms with E-state index in [1.165, 1.54) is 146 Å². The molecule has 3 atom stereocenters. The molecule has 1 aliphatic rings. The molecule has 2 heteroatoms. The van der Waals surface area contributed by atoms with Crippen LogP contribution in [0.3, 0.4) is 0 Å². The highest BCUT2D eigenvalue weighted by atomic mass is 32.2. The van der Waals surface area contributed by atoms with Crippen LogP contribution in [0.1, 0.15) is 176 Å². The molecule has 0 N–H and O–H groups in total. The first-order chi connectivity index (χ1) is 17.4. The van der Waals surface area contributed by atoms with Crippen LogP contribution in [-0.2, 0) is 0 Å². The minimum atomic E-state index is 0.339. The van der Waals surface area contributed by atoms with E-state index in [2.05, 4.69) is 71.1 Å². The Labute approximate surface area is 237 Å². The third-order valence-electron chi connectivity index (χ3n) is 8.83. The summed E-state index contributed by atoms with van der Waals surface area (Å²) >= 11 is 4.56. The Morgan fingerprint density at radius 1 is 0.611 bits per heavy atom. The van der Waals surface area contributed by atoms with Gasteiger partial charge < -0.3 is 0 Å². The van der Waals surface area contributed by atoms with Crippen molar-refractivity contribution < 1.29 is 0 Å². The van der Waals surface area contributed by atoms with Crippen molar-refractivity contribution in [3.63, 3.8) is 0 Å². The second kappa shape index (κ2) is 21.3. The summed E-state index contributed by atoms with van der Waals surface area (Å²) < 4.78 is 0.740. The standard InChI is InChI=1S/C34H66S2/c1-7-9-11-13-15-17-19-21-23-25-27-35-33(5)30-34(6,32(4)29-31(33)3)36-28-26-24-22-20-18-16-14-12-10-8-2/h29,31H,7-28,30H2,1-6H3. The zero-order valence-electron chi connectivity index (χ0n) is 25.7. The molecule has 0 heterocycles. The summed E-state index contributed by atoms with van der Waals surface area (Å²) in [6.07, 6.45) is 32.7. The molecule has 36 heavy (non-hydrogen) atoms. The normalized spacial score (nSPS) is 24.3.